The normalized spacial score (nSPS) is 9.93. The molecule has 0 atom stereocenters. The van der Waals surface area contributed by atoms with Crippen LogP contribution in [0.2, 0.25) is 5.02 Å². The lowest BCUT2D eigenvalue weighted by Crippen LogP contribution is -2.25. The smallest absolute Gasteiger partial charge is 0.335 e. The number of hydrogen-bond acceptors (Lipinski definition) is 4. The summed E-state index contributed by atoms with van der Waals surface area (Å²) in [5.74, 6) is -1.28. The molecule has 0 saturated carbocycles. The van der Waals surface area contributed by atoms with E-state index in [0.717, 1.165) is 12.3 Å². The third kappa shape index (κ3) is 2.53. The van der Waals surface area contributed by atoms with E-state index < -0.39 is 28.7 Å². The highest BCUT2D eigenvalue weighted by Gasteiger charge is 2.16. The zero-order valence-electron chi connectivity index (χ0n) is 7.21. The van der Waals surface area contributed by atoms with Gasteiger partial charge in [0.1, 0.15) is 6.54 Å². The Morgan fingerprint density at radius 1 is 1.67 bits per heavy atom. The van der Waals surface area contributed by atoms with Gasteiger partial charge in [0.25, 0.3) is 0 Å². The number of halogens is 1. The largest absolute Gasteiger partial charge is 0.480 e. The molecule has 1 heterocycles. The van der Waals surface area contributed by atoms with E-state index in [2.05, 4.69) is 0 Å². The van der Waals surface area contributed by atoms with Gasteiger partial charge in [-0.05, 0) is 0 Å². The summed E-state index contributed by atoms with van der Waals surface area (Å²) >= 11 is 5.49. The molecule has 0 aliphatic carbocycles. The number of nitro groups is 1. The Bertz CT molecular complexity index is 481. The van der Waals surface area contributed by atoms with E-state index in [0.29, 0.717) is 4.57 Å². The summed E-state index contributed by atoms with van der Waals surface area (Å²) in [5.41, 5.74) is -1.74. The van der Waals surface area contributed by atoms with Crippen LogP contribution in [-0.2, 0) is 11.3 Å². The van der Waals surface area contributed by atoms with E-state index in [1.165, 1.54) is 0 Å². The Kier molecular flexibility index (Phi) is 3.05. The molecule has 0 unspecified atom stereocenters. The van der Waals surface area contributed by atoms with Crippen molar-refractivity contribution in [1.82, 2.24) is 4.57 Å². The third-order valence-corrected chi connectivity index (χ3v) is 1.74. The van der Waals surface area contributed by atoms with E-state index in [4.69, 9.17) is 16.7 Å². The summed E-state index contributed by atoms with van der Waals surface area (Å²) in [6.07, 6.45) is 1.03. The van der Waals surface area contributed by atoms with Crippen LogP contribution in [-0.4, -0.2) is 20.6 Å². The molecule has 0 aliphatic rings. The van der Waals surface area contributed by atoms with Crippen molar-refractivity contribution in [3.63, 3.8) is 0 Å². The van der Waals surface area contributed by atoms with E-state index >= 15 is 0 Å². The fourth-order valence-electron chi connectivity index (χ4n) is 0.978. The van der Waals surface area contributed by atoms with Crippen molar-refractivity contribution in [2.45, 2.75) is 6.54 Å². The molecule has 1 rings (SSSR count). The topological polar surface area (TPSA) is 102 Å². The second kappa shape index (κ2) is 4.09. The lowest BCUT2D eigenvalue weighted by Gasteiger charge is -2.01. The average molecular weight is 233 g/mol. The van der Waals surface area contributed by atoms with Crippen LogP contribution in [0.1, 0.15) is 0 Å². The second-order valence-electron chi connectivity index (χ2n) is 2.63. The van der Waals surface area contributed by atoms with Gasteiger partial charge in [0.2, 0.25) is 0 Å². The minimum absolute atomic E-state index is 0.0671. The highest BCUT2D eigenvalue weighted by atomic mass is 35.5. The van der Waals surface area contributed by atoms with E-state index in [1.54, 1.807) is 0 Å². The predicted molar refractivity (Wildman–Crippen MR) is 50.0 cm³/mol. The number of pyridine rings is 1. The Morgan fingerprint density at radius 3 is 2.73 bits per heavy atom. The molecule has 1 N–H and O–H groups in total. The zero-order chi connectivity index (χ0) is 11.6. The van der Waals surface area contributed by atoms with Gasteiger partial charge in [-0.2, -0.15) is 0 Å². The van der Waals surface area contributed by atoms with Crippen molar-refractivity contribution in [3.8, 4) is 0 Å². The number of carboxylic acids is 1. The molecular weight excluding hydrogens is 228 g/mol. The van der Waals surface area contributed by atoms with E-state index in [1.807, 2.05) is 0 Å². The third-order valence-electron chi connectivity index (χ3n) is 1.54. The fraction of sp³-hybridized carbons (Fsp3) is 0.143. The van der Waals surface area contributed by atoms with Gasteiger partial charge in [0, 0.05) is 12.3 Å². The van der Waals surface area contributed by atoms with Crippen molar-refractivity contribution >= 4 is 23.3 Å². The van der Waals surface area contributed by atoms with Gasteiger partial charge < -0.3 is 5.11 Å². The molecule has 8 heteroatoms. The summed E-state index contributed by atoms with van der Waals surface area (Å²) in [6, 6.07) is 0.877. The van der Waals surface area contributed by atoms with Crippen LogP contribution in [0.4, 0.5) is 5.69 Å². The van der Waals surface area contributed by atoms with Gasteiger partial charge in [0.05, 0.1) is 9.95 Å². The maximum atomic E-state index is 11.3. The van der Waals surface area contributed by atoms with Gasteiger partial charge >= 0.3 is 17.2 Å². The molecule has 1 aromatic rings. The van der Waals surface area contributed by atoms with Crippen molar-refractivity contribution < 1.29 is 14.8 Å². The first-order chi connectivity index (χ1) is 6.91. The summed E-state index contributed by atoms with van der Waals surface area (Å²) in [7, 11) is 0. The van der Waals surface area contributed by atoms with Gasteiger partial charge in [-0.25, -0.2) is 0 Å². The second-order valence-corrected chi connectivity index (χ2v) is 3.06. The van der Waals surface area contributed by atoms with Gasteiger partial charge in [-0.3, -0.25) is 24.3 Å². The fourth-order valence-corrected chi connectivity index (χ4v) is 1.20. The van der Waals surface area contributed by atoms with E-state index in [9.17, 15) is 19.7 Å². The summed E-state index contributed by atoms with van der Waals surface area (Å²) in [4.78, 5) is 31.1. The number of aromatic nitrogens is 1. The molecule has 0 aliphatic heterocycles. The van der Waals surface area contributed by atoms with Crippen molar-refractivity contribution in [2.24, 2.45) is 0 Å². The molecular formula is C7H5ClN2O5. The zero-order valence-corrected chi connectivity index (χ0v) is 7.97. The maximum absolute atomic E-state index is 11.3. The lowest BCUT2D eigenvalue weighted by molar-refractivity contribution is -0.386. The highest BCUT2D eigenvalue weighted by molar-refractivity contribution is 6.30. The number of aliphatic carboxylic acids is 1. The number of hydrogen-bond donors (Lipinski definition) is 1. The molecule has 0 bridgehead atoms. The molecule has 0 aromatic carbocycles. The first-order valence-electron chi connectivity index (χ1n) is 3.68. The van der Waals surface area contributed by atoms with Crippen LogP contribution in [0.25, 0.3) is 0 Å². The molecule has 0 amide bonds. The van der Waals surface area contributed by atoms with Gasteiger partial charge in [-0.1, -0.05) is 11.6 Å². The van der Waals surface area contributed by atoms with Crippen LogP contribution in [0, 0.1) is 10.1 Å². The number of carbonyl (C=O) groups is 1. The van der Waals surface area contributed by atoms with Crippen molar-refractivity contribution in [3.05, 3.63) is 37.8 Å². The van der Waals surface area contributed by atoms with Crippen LogP contribution < -0.4 is 5.56 Å². The molecule has 7 nitrogen and oxygen atoms in total. The minimum atomic E-state index is -1.28. The minimum Gasteiger partial charge on any atom is -0.480 e. The first-order valence-corrected chi connectivity index (χ1v) is 4.06. The van der Waals surface area contributed by atoms with Crippen LogP contribution in [0.15, 0.2) is 17.1 Å². The number of carboxylic acid groups (broad SMARTS) is 1. The van der Waals surface area contributed by atoms with Gasteiger partial charge in [-0.15, -0.1) is 0 Å². The monoisotopic (exact) mass is 232 g/mol. The van der Waals surface area contributed by atoms with Crippen LogP contribution in [0.5, 0.6) is 0 Å². The maximum Gasteiger partial charge on any atom is 0.335 e. The lowest BCUT2D eigenvalue weighted by atomic mass is 10.4. The molecule has 0 fully saturated rings. The quantitative estimate of drug-likeness (QED) is 0.604. The molecule has 0 spiro atoms. The van der Waals surface area contributed by atoms with Crippen LogP contribution in [0.3, 0.4) is 0 Å². The van der Waals surface area contributed by atoms with Crippen LogP contribution >= 0.6 is 11.6 Å². The summed E-state index contributed by atoms with van der Waals surface area (Å²) in [6.45, 7) is -0.666. The van der Waals surface area contributed by atoms with Crippen molar-refractivity contribution in [2.75, 3.05) is 0 Å². The average Bonchev–Trinajstić information content (AvgIpc) is 2.09. The Hall–Kier alpha value is -1.89. The number of nitrogens with zero attached hydrogens (tertiary/aromatic N) is 2. The standard InChI is InChI=1S/C7H5ClN2O5/c8-4-1-5(10(14)15)7(13)9(2-4)3-6(11)12/h1-2H,3H2,(H,11,12). The van der Waals surface area contributed by atoms with Gasteiger partial charge in [0.15, 0.2) is 0 Å². The highest BCUT2D eigenvalue weighted by Crippen LogP contribution is 2.12. The predicted octanol–water partition coefficient (Wildman–Crippen LogP) is 0.494. The molecule has 0 radical (unpaired) electrons. The SMILES string of the molecule is O=C(O)Cn1cc(Cl)cc([N+](=O)[O-])c1=O. The molecule has 80 valence electrons. The summed E-state index contributed by atoms with van der Waals surface area (Å²) in [5, 5.41) is 18.8. The molecule has 1 aromatic heterocycles. The molecule has 0 saturated heterocycles. The first kappa shape index (κ1) is 11.2. The Morgan fingerprint density at radius 2 is 2.27 bits per heavy atom. The Balaban J connectivity index is 3.35. The molecule has 15 heavy (non-hydrogen) atoms. The summed E-state index contributed by atoms with van der Waals surface area (Å²) < 4.78 is 0.669. The van der Waals surface area contributed by atoms with E-state index in [-0.39, 0.29) is 5.02 Å². The van der Waals surface area contributed by atoms with Crippen molar-refractivity contribution in [1.29, 1.82) is 0 Å². The number of rotatable bonds is 3. The Labute approximate surface area is 87.7 Å².